The number of furan rings is 1. The first kappa shape index (κ1) is 40.5. The van der Waals surface area contributed by atoms with Gasteiger partial charge in [0.1, 0.15) is 11.2 Å². The van der Waals surface area contributed by atoms with Crippen LogP contribution in [0.4, 0.5) is 11.4 Å². The molecule has 4 aromatic heterocycles. The van der Waals surface area contributed by atoms with Crippen molar-refractivity contribution in [2.24, 2.45) is 0 Å². The fourth-order valence-corrected chi connectivity index (χ4v) is 13.9. The maximum absolute atomic E-state index is 6.94. The highest BCUT2D eigenvalue weighted by Crippen LogP contribution is 2.50. The van der Waals surface area contributed by atoms with Gasteiger partial charge in [-0.1, -0.05) is 118 Å². The standard InChI is InChI=1S/C60H55BN2OS2/c1-57(2,3)32-15-18-34(19-16-32)62-46-30-49-40(41-28-44-45(29-48(41)64-49)60(9,10)24-23-59(44,7)8)26-38(46)36-20-21-37-39-27-42-35-13-11-12-14-50(35)65-52(42)31-47(39)63-54(37)53(36)61-56-55(63)43-25-33(58(4,5)6)17-22-51(43)66-56/h11-22,25-31,61-62H,23-24H2,1-10H3. The van der Waals surface area contributed by atoms with E-state index in [1.165, 1.54) is 125 Å². The summed E-state index contributed by atoms with van der Waals surface area (Å²) >= 11 is 3.88. The minimum absolute atomic E-state index is 0.0394. The Morgan fingerprint density at radius 1 is 0.561 bits per heavy atom. The van der Waals surface area contributed by atoms with E-state index < -0.39 is 0 Å². The van der Waals surface area contributed by atoms with Crippen molar-refractivity contribution in [2.45, 2.75) is 104 Å². The molecule has 5 heterocycles. The van der Waals surface area contributed by atoms with Crippen LogP contribution in [0.3, 0.4) is 0 Å². The summed E-state index contributed by atoms with van der Waals surface area (Å²) in [7, 11) is 0.862. The van der Waals surface area contributed by atoms with Crippen LogP contribution in [-0.2, 0) is 21.7 Å². The van der Waals surface area contributed by atoms with Crippen molar-refractivity contribution < 1.29 is 4.42 Å². The van der Waals surface area contributed by atoms with Crippen molar-refractivity contribution in [1.29, 1.82) is 0 Å². The van der Waals surface area contributed by atoms with E-state index in [9.17, 15) is 0 Å². The average molecular weight is 895 g/mol. The number of nitrogens with one attached hydrogen (secondary N) is 1. The smallest absolute Gasteiger partial charge is 0.211 e. The Balaban J connectivity index is 1.11. The molecule has 6 heteroatoms. The summed E-state index contributed by atoms with van der Waals surface area (Å²) in [5.41, 5.74) is 17.7. The van der Waals surface area contributed by atoms with Gasteiger partial charge >= 0.3 is 0 Å². The third-order valence-electron chi connectivity index (χ3n) is 15.6. The number of anilines is 2. The normalized spacial score (nSPS) is 15.7. The van der Waals surface area contributed by atoms with Gasteiger partial charge in [-0.3, -0.25) is 0 Å². The molecule has 13 rings (SSSR count). The lowest BCUT2D eigenvalue weighted by atomic mass is 9.63. The van der Waals surface area contributed by atoms with Gasteiger partial charge in [0.05, 0.1) is 16.9 Å². The largest absolute Gasteiger partial charge is 0.456 e. The molecule has 0 saturated heterocycles. The van der Waals surface area contributed by atoms with Gasteiger partial charge in [-0.2, -0.15) is 0 Å². The predicted molar refractivity (Wildman–Crippen MR) is 291 cm³/mol. The predicted octanol–water partition coefficient (Wildman–Crippen LogP) is 16.3. The van der Waals surface area contributed by atoms with Crippen LogP contribution in [0, 0.1) is 0 Å². The first-order valence-corrected chi connectivity index (χ1v) is 25.5. The summed E-state index contributed by atoms with van der Waals surface area (Å²) < 4.78 is 15.1. The molecule has 0 amide bonds. The summed E-state index contributed by atoms with van der Waals surface area (Å²) in [6, 6.07) is 44.6. The Hall–Kier alpha value is -5.82. The maximum atomic E-state index is 6.94. The molecule has 1 aliphatic carbocycles. The molecule has 1 aliphatic heterocycles. The first-order chi connectivity index (χ1) is 31.4. The van der Waals surface area contributed by atoms with Gasteiger partial charge in [-0.05, 0) is 133 Å². The molecule has 1 N–H and O–H groups in total. The van der Waals surface area contributed by atoms with Crippen molar-refractivity contribution in [3.8, 4) is 16.8 Å². The molecular weight excluding hydrogens is 840 g/mol. The van der Waals surface area contributed by atoms with E-state index in [0.717, 1.165) is 29.8 Å². The van der Waals surface area contributed by atoms with Crippen LogP contribution < -0.4 is 15.6 Å². The van der Waals surface area contributed by atoms with Crippen LogP contribution in [-0.4, -0.2) is 11.8 Å². The van der Waals surface area contributed by atoms with E-state index in [0.29, 0.717) is 0 Å². The summed E-state index contributed by atoms with van der Waals surface area (Å²) in [6.07, 6.45) is 2.34. The van der Waals surface area contributed by atoms with Gasteiger partial charge in [-0.25, -0.2) is 0 Å². The minimum atomic E-state index is 0.0394. The molecule has 3 nitrogen and oxygen atoms in total. The minimum Gasteiger partial charge on any atom is -0.456 e. The van der Waals surface area contributed by atoms with Crippen molar-refractivity contribution >= 4 is 126 Å². The Kier molecular flexibility index (Phi) is 8.23. The van der Waals surface area contributed by atoms with Gasteiger partial charge in [0.2, 0.25) is 7.28 Å². The molecule has 0 fully saturated rings. The molecule has 11 aromatic rings. The van der Waals surface area contributed by atoms with E-state index >= 15 is 0 Å². The highest BCUT2D eigenvalue weighted by Gasteiger charge is 2.38. The highest BCUT2D eigenvalue weighted by molar-refractivity contribution is 7.29. The van der Waals surface area contributed by atoms with Gasteiger partial charge in [0.25, 0.3) is 0 Å². The molecule has 2 aliphatic rings. The lowest BCUT2D eigenvalue weighted by Gasteiger charge is -2.41. The summed E-state index contributed by atoms with van der Waals surface area (Å²) in [5.74, 6) is 0. The highest BCUT2D eigenvalue weighted by atomic mass is 32.1. The number of hydrogen-bond acceptors (Lipinski definition) is 4. The quantitative estimate of drug-likeness (QED) is 0.179. The number of nitrogens with zero attached hydrogens (tertiary/aromatic N) is 1. The number of aromatic nitrogens is 1. The van der Waals surface area contributed by atoms with Crippen molar-refractivity contribution in [3.05, 3.63) is 138 Å². The Morgan fingerprint density at radius 3 is 2.00 bits per heavy atom. The second-order valence-corrected chi connectivity index (χ2v) is 25.1. The number of thiophene rings is 2. The van der Waals surface area contributed by atoms with Crippen LogP contribution in [0.15, 0.2) is 120 Å². The van der Waals surface area contributed by atoms with Crippen LogP contribution >= 0.6 is 22.7 Å². The second kappa shape index (κ2) is 13.4. The van der Waals surface area contributed by atoms with Gasteiger partial charge in [0.15, 0.2) is 0 Å². The first-order valence-electron chi connectivity index (χ1n) is 23.8. The molecule has 326 valence electrons. The van der Waals surface area contributed by atoms with Crippen LogP contribution in [0.25, 0.3) is 90.8 Å². The molecule has 0 saturated carbocycles. The number of fused-ring (bicyclic) bond motifs is 14. The van der Waals surface area contributed by atoms with E-state index in [1.54, 1.807) is 0 Å². The third-order valence-corrected chi connectivity index (χ3v) is 17.9. The fourth-order valence-electron chi connectivity index (χ4n) is 11.6. The van der Waals surface area contributed by atoms with Crippen molar-refractivity contribution in [2.75, 3.05) is 5.32 Å². The van der Waals surface area contributed by atoms with Crippen LogP contribution in [0.2, 0.25) is 0 Å². The Bertz CT molecular complexity index is 3890. The molecule has 0 spiro atoms. The third kappa shape index (κ3) is 5.86. The zero-order chi connectivity index (χ0) is 45.4. The zero-order valence-electron chi connectivity index (χ0n) is 39.8. The molecule has 0 atom stereocenters. The van der Waals surface area contributed by atoms with E-state index in [2.05, 4.69) is 194 Å². The Labute approximate surface area is 395 Å². The van der Waals surface area contributed by atoms with Crippen molar-refractivity contribution in [3.63, 3.8) is 0 Å². The van der Waals surface area contributed by atoms with Gasteiger partial charge in [-0.15, -0.1) is 22.7 Å². The van der Waals surface area contributed by atoms with E-state index in [4.69, 9.17) is 4.42 Å². The zero-order valence-corrected chi connectivity index (χ0v) is 41.4. The SMILES string of the molecule is CC(C)(C)c1ccc(Nc2cc3oc4cc5c(cc4c3cc2-c2ccc3c4cc6c(cc4n4c3c2Bc2sc3ccc(C(C)(C)C)cc3c2-4)sc2ccccc26)C(C)(C)CCC5(C)C)cc1. The number of hydrogen-bond donors (Lipinski definition) is 1. The summed E-state index contributed by atoms with van der Waals surface area (Å²) in [6.45, 7) is 23.5. The van der Waals surface area contributed by atoms with Gasteiger partial charge in [0, 0.05) is 74.6 Å². The fraction of sp³-hybridized carbons (Fsp3) is 0.267. The Morgan fingerprint density at radius 2 is 1.24 bits per heavy atom. The molecule has 0 unspecified atom stereocenters. The second-order valence-electron chi connectivity index (χ2n) is 22.9. The summed E-state index contributed by atoms with van der Waals surface area (Å²) in [5, 5.41) is 13.0. The maximum Gasteiger partial charge on any atom is 0.211 e. The summed E-state index contributed by atoms with van der Waals surface area (Å²) in [4.78, 5) is 0. The number of benzene rings is 7. The van der Waals surface area contributed by atoms with Crippen molar-refractivity contribution in [1.82, 2.24) is 4.57 Å². The molecule has 0 bridgehead atoms. The topological polar surface area (TPSA) is 30.1 Å². The molecular formula is C60H55BN2OS2. The average Bonchev–Trinajstić information content (AvgIpc) is 4.02. The lowest BCUT2D eigenvalue weighted by molar-refractivity contribution is 0.332. The lowest BCUT2D eigenvalue weighted by Crippen LogP contribution is -2.35. The van der Waals surface area contributed by atoms with E-state index in [1.807, 2.05) is 22.7 Å². The van der Waals surface area contributed by atoms with Crippen LogP contribution in [0.1, 0.15) is 104 Å². The molecule has 0 radical (unpaired) electrons. The monoisotopic (exact) mass is 894 g/mol. The van der Waals surface area contributed by atoms with E-state index in [-0.39, 0.29) is 21.7 Å². The van der Waals surface area contributed by atoms with Gasteiger partial charge < -0.3 is 14.3 Å². The number of rotatable bonds is 3. The molecule has 7 aromatic carbocycles. The molecule has 66 heavy (non-hydrogen) atoms. The van der Waals surface area contributed by atoms with Crippen LogP contribution in [0.5, 0.6) is 0 Å².